The fourth-order valence-electron chi connectivity index (χ4n) is 3.18. The predicted octanol–water partition coefficient (Wildman–Crippen LogP) is 3.16. The van der Waals surface area contributed by atoms with Crippen molar-refractivity contribution in [3.63, 3.8) is 0 Å². The highest BCUT2D eigenvalue weighted by Gasteiger charge is 2.30. The third-order valence-corrected chi connectivity index (χ3v) is 7.64. The summed E-state index contributed by atoms with van der Waals surface area (Å²) in [6, 6.07) is 9.68. The summed E-state index contributed by atoms with van der Waals surface area (Å²) in [4.78, 5) is 12.0. The Morgan fingerprint density at radius 1 is 1.11 bits per heavy atom. The molecule has 146 valence electrons. The van der Waals surface area contributed by atoms with E-state index in [-0.39, 0.29) is 4.90 Å². The number of benzene rings is 1. The smallest absolute Gasteiger partial charge is 0.243 e. The van der Waals surface area contributed by atoms with Crippen molar-refractivity contribution in [2.24, 2.45) is 0 Å². The van der Waals surface area contributed by atoms with Crippen LogP contribution in [0.5, 0.6) is 0 Å². The number of rotatable bonds is 4. The molecule has 0 aliphatic carbocycles. The van der Waals surface area contributed by atoms with Crippen LogP contribution in [-0.4, -0.2) is 48.9 Å². The number of hydrogen-bond acceptors (Lipinski definition) is 6. The van der Waals surface area contributed by atoms with E-state index >= 15 is 0 Å². The summed E-state index contributed by atoms with van der Waals surface area (Å²) in [6.07, 6.45) is 1.72. The first-order chi connectivity index (χ1) is 13.4. The second-order valence-electron chi connectivity index (χ2n) is 6.52. The van der Waals surface area contributed by atoms with Gasteiger partial charge in [-0.2, -0.15) is 4.31 Å². The van der Waals surface area contributed by atoms with Crippen LogP contribution in [-0.2, 0) is 10.0 Å². The van der Waals surface area contributed by atoms with Crippen molar-refractivity contribution in [3.05, 3.63) is 59.4 Å². The van der Waals surface area contributed by atoms with E-state index in [9.17, 15) is 12.8 Å². The minimum absolute atomic E-state index is 0.0249. The van der Waals surface area contributed by atoms with E-state index in [0.717, 1.165) is 16.6 Å². The molecule has 4 rings (SSSR count). The topological polar surface area (TPSA) is 66.4 Å². The number of anilines is 1. The molecule has 0 unspecified atom stereocenters. The maximum atomic E-state index is 13.6. The highest BCUT2D eigenvalue weighted by Crippen LogP contribution is 2.25. The summed E-state index contributed by atoms with van der Waals surface area (Å²) in [5, 5.41) is 2.00. The van der Waals surface area contributed by atoms with Gasteiger partial charge in [0.2, 0.25) is 16.0 Å². The molecule has 1 fully saturated rings. The Bertz CT molecular complexity index is 1080. The highest BCUT2D eigenvalue weighted by atomic mass is 32.2. The summed E-state index contributed by atoms with van der Waals surface area (Å²) < 4.78 is 40.8. The van der Waals surface area contributed by atoms with Gasteiger partial charge < -0.3 is 4.90 Å². The van der Waals surface area contributed by atoms with Gasteiger partial charge in [-0.25, -0.2) is 22.8 Å². The first-order valence-electron chi connectivity index (χ1n) is 8.83. The summed E-state index contributed by atoms with van der Waals surface area (Å²) >= 11 is 1.61. The van der Waals surface area contributed by atoms with Gasteiger partial charge in [0.1, 0.15) is 5.82 Å². The number of thiophene rings is 1. The molecule has 0 saturated carbocycles. The number of aromatic nitrogens is 2. The molecule has 0 spiro atoms. The van der Waals surface area contributed by atoms with Gasteiger partial charge >= 0.3 is 0 Å². The molecule has 3 aromatic rings. The zero-order chi connectivity index (χ0) is 19.7. The average Bonchev–Trinajstić information content (AvgIpc) is 3.25. The van der Waals surface area contributed by atoms with E-state index in [0.29, 0.717) is 37.7 Å². The molecule has 28 heavy (non-hydrogen) atoms. The molecule has 3 heterocycles. The van der Waals surface area contributed by atoms with Crippen LogP contribution in [0.3, 0.4) is 0 Å². The third kappa shape index (κ3) is 3.65. The summed E-state index contributed by atoms with van der Waals surface area (Å²) in [5.74, 6) is 0.0338. The van der Waals surface area contributed by atoms with E-state index in [1.165, 1.54) is 16.4 Å². The highest BCUT2D eigenvalue weighted by molar-refractivity contribution is 7.89. The number of hydrogen-bond donors (Lipinski definition) is 0. The largest absolute Gasteiger partial charge is 0.338 e. The lowest BCUT2D eigenvalue weighted by molar-refractivity contribution is 0.382. The minimum Gasteiger partial charge on any atom is -0.338 e. The van der Waals surface area contributed by atoms with Crippen molar-refractivity contribution >= 4 is 27.3 Å². The minimum atomic E-state index is -3.74. The van der Waals surface area contributed by atoms with E-state index < -0.39 is 15.8 Å². The van der Waals surface area contributed by atoms with Gasteiger partial charge in [0.25, 0.3) is 0 Å². The Morgan fingerprint density at radius 3 is 2.61 bits per heavy atom. The molecule has 6 nitrogen and oxygen atoms in total. The lowest BCUT2D eigenvalue weighted by Gasteiger charge is -2.34. The van der Waals surface area contributed by atoms with Crippen molar-refractivity contribution in [2.45, 2.75) is 11.8 Å². The van der Waals surface area contributed by atoms with Crippen LogP contribution in [0, 0.1) is 12.7 Å². The lowest BCUT2D eigenvalue weighted by atomic mass is 10.2. The molecule has 0 radical (unpaired) electrons. The van der Waals surface area contributed by atoms with Crippen LogP contribution in [0.4, 0.5) is 10.3 Å². The van der Waals surface area contributed by atoms with Crippen LogP contribution in [0.15, 0.2) is 52.9 Å². The fraction of sp³-hybridized carbons (Fsp3) is 0.263. The second kappa shape index (κ2) is 7.57. The molecule has 2 aromatic heterocycles. The van der Waals surface area contributed by atoms with Gasteiger partial charge in [0.05, 0.1) is 15.5 Å². The third-order valence-electron chi connectivity index (χ3n) is 4.71. The van der Waals surface area contributed by atoms with Gasteiger partial charge in [-0.05, 0) is 42.1 Å². The average molecular weight is 419 g/mol. The zero-order valence-electron chi connectivity index (χ0n) is 15.2. The number of nitrogens with zero attached hydrogens (tertiary/aromatic N) is 4. The van der Waals surface area contributed by atoms with E-state index in [1.807, 2.05) is 28.5 Å². The van der Waals surface area contributed by atoms with Crippen molar-refractivity contribution in [1.82, 2.24) is 14.3 Å². The van der Waals surface area contributed by atoms with Crippen LogP contribution in [0.1, 0.15) is 5.56 Å². The molecule has 9 heteroatoms. The van der Waals surface area contributed by atoms with Crippen molar-refractivity contribution in [1.29, 1.82) is 0 Å². The Morgan fingerprint density at radius 2 is 1.89 bits per heavy atom. The number of halogens is 1. The molecule has 0 N–H and O–H groups in total. The second-order valence-corrected chi connectivity index (χ2v) is 9.37. The number of sulfonamides is 1. The van der Waals surface area contributed by atoms with Crippen molar-refractivity contribution in [3.8, 4) is 10.6 Å². The van der Waals surface area contributed by atoms with E-state index in [2.05, 4.69) is 9.97 Å². The van der Waals surface area contributed by atoms with Gasteiger partial charge in [-0.15, -0.1) is 11.3 Å². The Hall–Kier alpha value is -2.36. The summed E-state index contributed by atoms with van der Waals surface area (Å²) in [5.41, 5.74) is 1.39. The summed E-state index contributed by atoms with van der Waals surface area (Å²) in [6.45, 7) is 3.21. The first-order valence-corrected chi connectivity index (χ1v) is 11.2. The maximum Gasteiger partial charge on any atom is 0.243 e. The Labute approximate surface area is 167 Å². The lowest BCUT2D eigenvalue weighted by Crippen LogP contribution is -2.49. The molecular weight excluding hydrogens is 399 g/mol. The molecule has 0 amide bonds. The van der Waals surface area contributed by atoms with Crippen molar-refractivity contribution < 1.29 is 12.8 Å². The number of piperazine rings is 1. The van der Waals surface area contributed by atoms with Crippen LogP contribution in [0.25, 0.3) is 10.6 Å². The van der Waals surface area contributed by atoms with Gasteiger partial charge in [0, 0.05) is 32.4 Å². The van der Waals surface area contributed by atoms with Gasteiger partial charge in [0.15, 0.2) is 0 Å². The van der Waals surface area contributed by atoms with Crippen molar-refractivity contribution in [2.75, 3.05) is 31.1 Å². The van der Waals surface area contributed by atoms with Crippen LogP contribution < -0.4 is 4.90 Å². The van der Waals surface area contributed by atoms with E-state index in [4.69, 9.17) is 0 Å². The molecule has 1 aromatic carbocycles. The zero-order valence-corrected chi connectivity index (χ0v) is 16.9. The maximum absolute atomic E-state index is 13.6. The molecule has 1 saturated heterocycles. The first kappa shape index (κ1) is 19.0. The van der Waals surface area contributed by atoms with Crippen LogP contribution >= 0.6 is 11.3 Å². The quantitative estimate of drug-likeness (QED) is 0.651. The monoisotopic (exact) mass is 418 g/mol. The molecule has 0 atom stereocenters. The summed E-state index contributed by atoms with van der Waals surface area (Å²) in [7, 11) is -3.74. The SMILES string of the molecule is Cc1ccc(F)cc1S(=O)(=O)N1CCN(c2nccc(-c3cccs3)n2)CC1. The van der Waals surface area contributed by atoms with E-state index in [1.54, 1.807) is 24.5 Å². The Kier molecular flexibility index (Phi) is 5.13. The molecular formula is C19H19FN4O2S2. The molecule has 0 bridgehead atoms. The molecule has 1 aliphatic rings. The Balaban J connectivity index is 1.51. The van der Waals surface area contributed by atoms with Gasteiger partial charge in [-0.3, -0.25) is 0 Å². The number of aryl methyl sites for hydroxylation is 1. The standard InChI is InChI=1S/C19H19FN4O2S2/c1-14-4-5-15(20)13-18(14)28(25,26)24-10-8-23(9-11-24)19-21-7-6-16(22-19)17-3-2-12-27-17/h2-7,12-13H,8-11H2,1H3. The fourth-order valence-corrected chi connectivity index (χ4v) is 5.54. The van der Waals surface area contributed by atoms with Crippen LogP contribution in [0.2, 0.25) is 0 Å². The predicted molar refractivity (Wildman–Crippen MR) is 107 cm³/mol. The normalized spacial score (nSPS) is 15.7. The molecule has 1 aliphatic heterocycles. The van der Waals surface area contributed by atoms with Gasteiger partial charge in [-0.1, -0.05) is 12.1 Å².